The third-order valence-corrected chi connectivity index (χ3v) is 4.09. The summed E-state index contributed by atoms with van der Waals surface area (Å²) in [5.41, 5.74) is 2.40. The number of aromatic nitrogens is 2. The zero-order valence-electron chi connectivity index (χ0n) is 17.2. The van der Waals surface area contributed by atoms with Crippen molar-refractivity contribution in [3.63, 3.8) is 0 Å². The first-order chi connectivity index (χ1) is 13.0. The molecule has 1 aromatic carbocycles. The molecule has 0 aliphatic heterocycles. The van der Waals surface area contributed by atoms with Gasteiger partial charge in [-0.2, -0.15) is 5.10 Å². The summed E-state index contributed by atoms with van der Waals surface area (Å²) < 4.78 is 7.57. The molecular formula is C21H33N5O. The highest BCUT2D eigenvalue weighted by Gasteiger charge is 2.08. The van der Waals surface area contributed by atoms with Crippen LogP contribution in [0.2, 0.25) is 0 Å². The van der Waals surface area contributed by atoms with E-state index in [4.69, 9.17) is 4.74 Å². The molecule has 6 nitrogen and oxygen atoms in total. The number of hydrogen-bond donors (Lipinski definition) is 2. The van der Waals surface area contributed by atoms with Crippen molar-refractivity contribution in [3.05, 3.63) is 47.8 Å². The minimum atomic E-state index is 0.153. The van der Waals surface area contributed by atoms with Crippen molar-refractivity contribution in [3.8, 4) is 5.75 Å². The smallest absolute Gasteiger partial charge is 0.191 e. The minimum Gasteiger partial charge on any atom is -0.493 e. The summed E-state index contributed by atoms with van der Waals surface area (Å²) >= 11 is 0. The predicted octanol–water partition coefficient (Wildman–Crippen LogP) is 3.31. The van der Waals surface area contributed by atoms with Crippen LogP contribution in [0.1, 0.15) is 44.9 Å². The number of rotatable bonds is 9. The summed E-state index contributed by atoms with van der Waals surface area (Å²) in [4.78, 5) is 4.68. The fourth-order valence-electron chi connectivity index (χ4n) is 2.62. The number of nitrogens with one attached hydrogen (secondary N) is 2. The first-order valence-corrected chi connectivity index (χ1v) is 9.73. The van der Waals surface area contributed by atoms with Gasteiger partial charge in [0.25, 0.3) is 0 Å². The molecule has 27 heavy (non-hydrogen) atoms. The van der Waals surface area contributed by atoms with Crippen LogP contribution in [0.5, 0.6) is 5.75 Å². The number of benzene rings is 1. The molecule has 0 aliphatic carbocycles. The van der Waals surface area contributed by atoms with Gasteiger partial charge >= 0.3 is 0 Å². The average Bonchev–Trinajstić information content (AvgIpc) is 3.05. The molecule has 1 aromatic heterocycles. The predicted molar refractivity (Wildman–Crippen MR) is 111 cm³/mol. The Morgan fingerprint density at radius 3 is 2.56 bits per heavy atom. The lowest BCUT2D eigenvalue weighted by Gasteiger charge is -2.18. The molecule has 0 saturated heterocycles. The summed E-state index contributed by atoms with van der Waals surface area (Å²) in [6.07, 6.45) is 4.80. The number of guanidine groups is 1. The minimum absolute atomic E-state index is 0.153. The van der Waals surface area contributed by atoms with E-state index in [0.29, 0.717) is 5.92 Å². The van der Waals surface area contributed by atoms with Crippen LogP contribution in [0, 0.1) is 5.92 Å². The molecule has 0 aliphatic rings. The van der Waals surface area contributed by atoms with Gasteiger partial charge < -0.3 is 15.4 Å². The number of hydrogen-bond acceptors (Lipinski definition) is 3. The number of aryl methyl sites for hydroxylation is 1. The van der Waals surface area contributed by atoms with Crippen LogP contribution in [-0.4, -0.2) is 35.4 Å². The molecule has 1 unspecified atom stereocenters. The Kier molecular flexibility index (Phi) is 8.17. The lowest BCUT2D eigenvalue weighted by Crippen LogP contribution is -2.38. The molecule has 6 heteroatoms. The Labute approximate surface area is 163 Å². The number of aliphatic imine (C=N–C) groups is 1. The van der Waals surface area contributed by atoms with Gasteiger partial charge in [0, 0.05) is 26.3 Å². The molecule has 2 aromatic rings. The molecule has 1 heterocycles. The molecule has 0 bridgehead atoms. The van der Waals surface area contributed by atoms with Crippen LogP contribution in [-0.2, 0) is 13.5 Å². The van der Waals surface area contributed by atoms with Gasteiger partial charge in [-0.3, -0.25) is 9.67 Å². The van der Waals surface area contributed by atoms with Crippen molar-refractivity contribution in [1.29, 1.82) is 0 Å². The third-order valence-electron chi connectivity index (χ3n) is 4.09. The van der Waals surface area contributed by atoms with E-state index >= 15 is 0 Å². The van der Waals surface area contributed by atoms with E-state index in [9.17, 15) is 0 Å². The third kappa shape index (κ3) is 7.33. The van der Waals surface area contributed by atoms with Gasteiger partial charge in [0.2, 0.25) is 0 Å². The van der Waals surface area contributed by atoms with Crippen molar-refractivity contribution >= 4 is 5.96 Å². The average molecular weight is 372 g/mol. The van der Waals surface area contributed by atoms with E-state index in [1.54, 1.807) is 0 Å². The van der Waals surface area contributed by atoms with Gasteiger partial charge in [-0.25, -0.2) is 0 Å². The Morgan fingerprint density at radius 1 is 1.22 bits per heavy atom. The van der Waals surface area contributed by atoms with E-state index < -0.39 is 0 Å². The Balaban J connectivity index is 1.90. The van der Waals surface area contributed by atoms with E-state index in [2.05, 4.69) is 60.6 Å². The van der Waals surface area contributed by atoms with E-state index in [-0.39, 0.29) is 6.04 Å². The molecule has 0 amide bonds. The van der Waals surface area contributed by atoms with Gasteiger partial charge in [-0.15, -0.1) is 0 Å². The van der Waals surface area contributed by atoms with Gasteiger partial charge in [0.05, 0.1) is 18.8 Å². The normalized spacial score (nSPS) is 12.9. The summed E-state index contributed by atoms with van der Waals surface area (Å²) in [6.45, 7) is 10.8. The standard InChI is InChI=1S/C21H33N5O/c1-6-22-21(23-12-11-18-13-24-26(5)14-18)25-17(4)19-7-9-20(10-8-19)27-15-16(2)3/h7-10,13-14,16-17H,6,11-12,15H2,1-5H3,(H2,22,23,25). The lowest BCUT2D eigenvalue weighted by molar-refractivity contribution is 0.271. The van der Waals surface area contributed by atoms with E-state index in [1.165, 1.54) is 11.1 Å². The van der Waals surface area contributed by atoms with Gasteiger partial charge in [-0.1, -0.05) is 26.0 Å². The maximum absolute atomic E-state index is 5.76. The van der Waals surface area contributed by atoms with Crippen molar-refractivity contribution in [2.75, 3.05) is 19.7 Å². The second-order valence-electron chi connectivity index (χ2n) is 7.17. The summed E-state index contributed by atoms with van der Waals surface area (Å²) in [5.74, 6) is 2.27. The van der Waals surface area contributed by atoms with Crippen LogP contribution < -0.4 is 15.4 Å². The van der Waals surface area contributed by atoms with E-state index in [1.807, 2.05) is 36.3 Å². The maximum atomic E-state index is 5.76. The Morgan fingerprint density at radius 2 is 1.96 bits per heavy atom. The summed E-state index contributed by atoms with van der Waals surface area (Å²) in [7, 11) is 1.93. The second-order valence-corrected chi connectivity index (χ2v) is 7.17. The molecule has 148 valence electrons. The molecule has 1 atom stereocenters. The molecule has 2 rings (SSSR count). The zero-order chi connectivity index (χ0) is 19.6. The van der Waals surface area contributed by atoms with Crippen LogP contribution in [0.25, 0.3) is 0 Å². The molecule has 2 N–H and O–H groups in total. The van der Waals surface area contributed by atoms with Crippen molar-refractivity contribution < 1.29 is 4.74 Å². The van der Waals surface area contributed by atoms with Crippen LogP contribution in [0.3, 0.4) is 0 Å². The monoisotopic (exact) mass is 371 g/mol. The van der Waals surface area contributed by atoms with Crippen molar-refractivity contribution in [2.24, 2.45) is 18.0 Å². The number of ether oxygens (including phenoxy) is 1. The number of nitrogens with zero attached hydrogens (tertiary/aromatic N) is 3. The van der Waals surface area contributed by atoms with Crippen LogP contribution in [0.4, 0.5) is 0 Å². The first-order valence-electron chi connectivity index (χ1n) is 9.73. The summed E-state index contributed by atoms with van der Waals surface area (Å²) in [5, 5.41) is 11.0. The van der Waals surface area contributed by atoms with Crippen LogP contribution >= 0.6 is 0 Å². The Hall–Kier alpha value is -2.50. The zero-order valence-corrected chi connectivity index (χ0v) is 17.2. The fraction of sp³-hybridized carbons (Fsp3) is 0.524. The first kappa shape index (κ1) is 20.8. The molecular weight excluding hydrogens is 338 g/mol. The Bertz CT molecular complexity index is 706. The highest BCUT2D eigenvalue weighted by molar-refractivity contribution is 5.80. The van der Waals surface area contributed by atoms with E-state index in [0.717, 1.165) is 37.8 Å². The molecule has 0 fully saturated rings. The quantitative estimate of drug-likeness (QED) is 0.524. The van der Waals surface area contributed by atoms with Crippen molar-refractivity contribution in [2.45, 2.75) is 40.2 Å². The molecule has 0 spiro atoms. The fourth-order valence-corrected chi connectivity index (χ4v) is 2.62. The molecule has 0 saturated carbocycles. The lowest BCUT2D eigenvalue weighted by atomic mass is 10.1. The maximum Gasteiger partial charge on any atom is 0.191 e. The second kappa shape index (κ2) is 10.6. The highest BCUT2D eigenvalue weighted by atomic mass is 16.5. The van der Waals surface area contributed by atoms with Gasteiger partial charge in [0.15, 0.2) is 5.96 Å². The topological polar surface area (TPSA) is 63.5 Å². The van der Waals surface area contributed by atoms with Gasteiger partial charge in [0.1, 0.15) is 5.75 Å². The van der Waals surface area contributed by atoms with Crippen LogP contribution in [0.15, 0.2) is 41.7 Å². The largest absolute Gasteiger partial charge is 0.493 e. The van der Waals surface area contributed by atoms with Crippen molar-refractivity contribution in [1.82, 2.24) is 20.4 Å². The SMILES string of the molecule is CCNC(=NCCc1cnn(C)c1)NC(C)c1ccc(OCC(C)C)cc1. The molecule has 0 radical (unpaired) electrons. The highest BCUT2D eigenvalue weighted by Crippen LogP contribution is 2.18. The summed E-state index contributed by atoms with van der Waals surface area (Å²) in [6, 6.07) is 8.42. The van der Waals surface area contributed by atoms with Gasteiger partial charge in [-0.05, 0) is 49.4 Å².